The van der Waals surface area contributed by atoms with Gasteiger partial charge in [-0.3, -0.25) is 0 Å². The Kier molecular flexibility index (Phi) is 4.21. The van der Waals surface area contributed by atoms with Gasteiger partial charge in [-0.25, -0.2) is 0 Å². The minimum Gasteiger partial charge on any atom is -0.390 e. The SMILES string of the molecule is C.CC1OC(C)C(O)C(C)C1C. The molecule has 1 aliphatic heterocycles. The lowest BCUT2D eigenvalue weighted by Gasteiger charge is -2.40. The maximum atomic E-state index is 9.61. The monoisotopic (exact) mass is 174 g/mol. The van der Waals surface area contributed by atoms with Crippen LogP contribution < -0.4 is 0 Å². The van der Waals surface area contributed by atoms with Gasteiger partial charge in [-0.05, 0) is 25.7 Å². The second-order valence-electron chi connectivity index (χ2n) is 3.76. The van der Waals surface area contributed by atoms with Crippen LogP contribution >= 0.6 is 0 Å². The molecular weight excluding hydrogens is 152 g/mol. The molecule has 0 aliphatic carbocycles. The Labute approximate surface area is 75.9 Å². The average molecular weight is 174 g/mol. The highest BCUT2D eigenvalue weighted by Gasteiger charge is 2.35. The van der Waals surface area contributed by atoms with E-state index in [4.69, 9.17) is 4.74 Å². The maximum Gasteiger partial charge on any atom is 0.0828 e. The molecule has 1 saturated heterocycles. The molecule has 2 nitrogen and oxygen atoms in total. The summed E-state index contributed by atoms with van der Waals surface area (Å²) in [4.78, 5) is 0. The van der Waals surface area contributed by atoms with E-state index in [0.29, 0.717) is 11.8 Å². The Morgan fingerprint density at radius 1 is 0.917 bits per heavy atom. The fourth-order valence-corrected chi connectivity index (χ4v) is 1.71. The summed E-state index contributed by atoms with van der Waals surface area (Å²) < 4.78 is 5.53. The van der Waals surface area contributed by atoms with E-state index in [1.807, 2.05) is 6.92 Å². The molecule has 1 N–H and O–H groups in total. The molecule has 5 atom stereocenters. The topological polar surface area (TPSA) is 29.5 Å². The van der Waals surface area contributed by atoms with Crippen LogP contribution in [0.15, 0.2) is 0 Å². The highest BCUT2D eigenvalue weighted by Crippen LogP contribution is 2.29. The smallest absolute Gasteiger partial charge is 0.0828 e. The van der Waals surface area contributed by atoms with Crippen LogP contribution in [0, 0.1) is 11.8 Å². The number of ether oxygens (including phenoxy) is 1. The van der Waals surface area contributed by atoms with Gasteiger partial charge in [0.15, 0.2) is 0 Å². The standard InChI is InChI=1S/C9H18O2.CH4/c1-5-6(2)9(10)8(4)11-7(5)3;/h5-10H,1-4H3;1H4. The van der Waals surface area contributed by atoms with Crippen LogP contribution in [0.25, 0.3) is 0 Å². The number of aliphatic hydroxyl groups excluding tert-OH is 1. The number of hydrogen-bond acceptors (Lipinski definition) is 2. The fraction of sp³-hybridized carbons (Fsp3) is 1.00. The molecule has 0 amide bonds. The molecular formula is C10H22O2. The summed E-state index contributed by atoms with van der Waals surface area (Å²) >= 11 is 0. The number of aliphatic hydroxyl groups is 1. The Hall–Kier alpha value is -0.0800. The predicted molar refractivity (Wildman–Crippen MR) is 51.1 cm³/mol. The van der Waals surface area contributed by atoms with Crippen LogP contribution in [0.3, 0.4) is 0 Å². The number of hydrogen-bond donors (Lipinski definition) is 1. The Balaban J connectivity index is 0.00000121. The Morgan fingerprint density at radius 2 is 1.42 bits per heavy atom. The van der Waals surface area contributed by atoms with Crippen molar-refractivity contribution in [2.24, 2.45) is 11.8 Å². The van der Waals surface area contributed by atoms with Crippen LogP contribution in [0.4, 0.5) is 0 Å². The van der Waals surface area contributed by atoms with Gasteiger partial charge in [0.1, 0.15) is 0 Å². The zero-order valence-electron chi connectivity index (χ0n) is 7.74. The molecule has 0 spiro atoms. The third-order valence-corrected chi connectivity index (χ3v) is 3.02. The lowest BCUT2D eigenvalue weighted by molar-refractivity contribution is -0.154. The molecule has 5 unspecified atom stereocenters. The largest absolute Gasteiger partial charge is 0.390 e. The van der Waals surface area contributed by atoms with E-state index in [1.165, 1.54) is 0 Å². The maximum absolute atomic E-state index is 9.61. The van der Waals surface area contributed by atoms with E-state index in [0.717, 1.165) is 0 Å². The van der Waals surface area contributed by atoms with Crippen molar-refractivity contribution >= 4 is 0 Å². The van der Waals surface area contributed by atoms with Crippen molar-refractivity contribution in [3.8, 4) is 0 Å². The average Bonchev–Trinajstić information content (AvgIpc) is 1.97. The Bertz CT molecular complexity index is 122. The molecule has 1 aliphatic rings. The van der Waals surface area contributed by atoms with Gasteiger partial charge in [0.05, 0.1) is 18.3 Å². The van der Waals surface area contributed by atoms with Gasteiger partial charge in [0, 0.05) is 0 Å². The van der Waals surface area contributed by atoms with Crippen molar-refractivity contribution in [3.05, 3.63) is 0 Å². The van der Waals surface area contributed by atoms with Gasteiger partial charge in [-0.15, -0.1) is 0 Å². The van der Waals surface area contributed by atoms with E-state index in [2.05, 4.69) is 20.8 Å². The molecule has 1 rings (SSSR count). The minimum absolute atomic E-state index is 0. The van der Waals surface area contributed by atoms with Gasteiger partial charge in [-0.1, -0.05) is 21.3 Å². The van der Waals surface area contributed by atoms with Crippen LogP contribution in [-0.2, 0) is 4.74 Å². The first-order valence-electron chi connectivity index (χ1n) is 4.37. The molecule has 0 aromatic heterocycles. The van der Waals surface area contributed by atoms with Crippen LogP contribution in [0.1, 0.15) is 35.1 Å². The molecule has 0 saturated carbocycles. The lowest BCUT2D eigenvalue weighted by Crippen LogP contribution is -2.46. The highest BCUT2D eigenvalue weighted by atomic mass is 16.5. The molecule has 1 heterocycles. The molecule has 12 heavy (non-hydrogen) atoms. The van der Waals surface area contributed by atoms with Crippen LogP contribution in [0.2, 0.25) is 0 Å². The van der Waals surface area contributed by atoms with Crippen molar-refractivity contribution in [2.75, 3.05) is 0 Å². The summed E-state index contributed by atoms with van der Waals surface area (Å²) in [7, 11) is 0. The zero-order chi connectivity index (χ0) is 8.59. The molecule has 2 heteroatoms. The van der Waals surface area contributed by atoms with Gasteiger partial charge < -0.3 is 9.84 Å². The van der Waals surface area contributed by atoms with Crippen molar-refractivity contribution in [1.82, 2.24) is 0 Å². The highest BCUT2D eigenvalue weighted by molar-refractivity contribution is 4.83. The van der Waals surface area contributed by atoms with Gasteiger partial charge in [-0.2, -0.15) is 0 Å². The molecule has 74 valence electrons. The van der Waals surface area contributed by atoms with Crippen molar-refractivity contribution in [1.29, 1.82) is 0 Å². The molecule has 0 aromatic carbocycles. The van der Waals surface area contributed by atoms with E-state index in [1.54, 1.807) is 0 Å². The summed E-state index contributed by atoms with van der Waals surface area (Å²) in [6, 6.07) is 0. The second-order valence-corrected chi connectivity index (χ2v) is 3.76. The van der Waals surface area contributed by atoms with Crippen molar-refractivity contribution in [2.45, 2.75) is 53.4 Å². The summed E-state index contributed by atoms with van der Waals surface area (Å²) in [5.74, 6) is 0.815. The Morgan fingerprint density at radius 3 is 1.92 bits per heavy atom. The first-order chi connectivity index (χ1) is 5.04. The number of rotatable bonds is 0. The van der Waals surface area contributed by atoms with E-state index in [-0.39, 0.29) is 25.7 Å². The second kappa shape index (κ2) is 4.24. The van der Waals surface area contributed by atoms with Gasteiger partial charge in [0.2, 0.25) is 0 Å². The molecule has 0 radical (unpaired) electrons. The van der Waals surface area contributed by atoms with Gasteiger partial charge >= 0.3 is 0 Å². The predicted octanol–water partition coefficient (Wildman–Crippen LogP) is 2.06. The summed E-state index contributed by atoms with van der Waals surface area (Å²) in [5.41, 5.74) is 0. The third kappa shape index (κ3) is 1.99. The minimum atomic E-state index is -0.291. The summed E-state index contributed by atoms with van der Waals surface area (Å²) in [5, 5.41) is 9.61. The van der Waals surface area contributed by atoms with Gasteiger partial charge in [0.25, 0.3) is 0 Å². The first kappa shape index (κ1) is 11.9. The van der Waals surface area contributed by atoms with E-state index in [9.17, 15) is 5.11 Å². The zero-order valence-corrected chi connectivity index (χ0v) is 7.74. The molecule has 0 bridgehead atoms. The quantitative estimate of drug-likeness (QED) is 0.609. The first-order valence-corrected chi connectivity index (χ1v) is 4.37. The van der Waals surface area contributed by atoms with E-state index < -0.39 is 0 Å². The third-order valence-electron chi connectivity index (χ3n) is 3.02. The van der Waals surface area contributed by atoms with Crippen molar-refractivity contribution in [3.63, 3.8) is 0 Å². The van der Waals surface area contributed by atoms with E-state index >= 15 is 0 Å². The van der Waals surface area contributed by atoms with Crippen molar-refractivity contribution < 1.29 is 9.84 Å². The summed E-state index contributed by atoms with van der Waals surface area (Å²) in [6.45, 7) is 8.22. The van der Waals surface area contributed by atoms with Crippen LogP contribution in [0.5, 0.6) is 0 Å². The normalized spacial score (nSPS) is 48.2. The molecule has 1 fully saturated rings. The van der Waals surface area contributed by atoms with Crippen LogP contribution in [-0.4, -0.2) is 23.4 Å². The molecule has 0 aromatic rings. The summed E-state index contributed by atoms with van der Waals surface area (Å²) in [6.07, 6.45) is -0.0131. The fourth-order valence-electron chi connectivity index (χ4n) is 1.71. The lowest BCUT2D eigenvalue weighted by atomic mass is 9.82.